The third kappa shape index (κ3) is 2.07. The normalized spacial score (nSPS) is 12.8. The molecule has 0 saturated carbocycles. The maximum Gasteiger partial charge on any atom is 0.0702 e. The van der Waals surface area contributed by atoms with Crippen LogP contribution in [0.4, 0.5) is 0 Å². The van der Waals surface area contributed by atoms with Crippen molar-refractivity contribution in [3.8, 4) is 0 Å². The first-order valence-corrected chi connectivity index (χ1v) is 7.20. The van der Waals surface area contributed by atoms with Gasteiger partial charge in [-0.1, -0.05) is 18.2 Å². The molecule has 1 unspecified atom stereocenters. The first kappa shape index (κ1) is 11.8. The Hall–Kier alpha value is -1.23. The number of benzene rings is 1. The number of rotatable bonds is 2. The van der Waals surface area contributed by atoms with Crippen molar-refractivity contribution in [3.05, 3.63) is 63.0 Å². The van der Waals surface area contributed by atoms with E-state index in [1.54, 1.807) is 11.3 Å². The van der Waals surface area contributed by atoms with E-state index >= 15 is 0 Å². The van der Waals surface area contributed by atoms with E-state index in [4.69, 9.17) is 5.73 Å². The molecule has 3 rings (SSSR count). The Morgan fingerprint density at radius 2 is 2.06 bits per heavy atom. The van der Waals surface area contributed by atoms with E-state index in [2.05, 4.69) is 39.1 Å². The quantitative estimate of drug-likeness (QED) is 0.772. The van der Waals surface area contributed by atoms with E-state index in [0.29, 0.717) is 0 Å². The van der Waals surface area contributed by atoms with Crippen molar-refractivity contribution < 1.29 is 0 Å². The van der Waals surface area contributed by atoms with E-state index in [0.717, 1.165) is 19.6 Å². The molecule has 90 valence electrons. The van der Waals surface area contributed by atoms with Crippen molar-refractivity contribution in [2.75, 3.05) is 0 Å². The molecule has 2 aromatic heterocycles. The molecule has 1 aromatic carbocycles. The monoisotopic (exact) mass is 318 g/mol. The van der Waals surface area contributed by atoms with Gasteiger partial charge in [-0.3, -0.25) is 4.98 Å². The molecule has 0 aliphatic rings. The summed E-state index contributed by atoms with van der Waals surface area (Å²) in [6, 6.07) is 12.2. The number of pyridine rings is 1. The van der Waals surface area contributed by atoms with Gasteiger partial charge in [0.15, 0.2) is 0 Å². The molecule has 4 heteroatoms. The zero-order valence-corrected chi connectivity index (χ0v) is 11.9. The number of nitrogens with zero attached hydrogens (tertiary/aromatic N) is 1. The second kappa shape index (κ2) is 4.80. The Bertz CT molecular complexity index is 688. The minimum absolute atomic E-state index is 0.0904. The Labute approximate surface area is 118 Å². The van der Waals surface area contributed by atoms with Gasteiger partial charge in [-0.05, 0) is 45.1 Å². The molecule has 0 amide bonds. The number of hydrogen-bond acceptors (Lipinski definition) is 3. The maximum atomic E-state index is 6.36. The highest BCUT2D eigenvalue weighted by atomic mass is 79.9. The Morgan fingerprint density at radius 3 is 2.83 bits per heavy atom. The second-order valence-corrected chi connectivity index (χ2v) is 6.56. The second-order valence-electron chi connectivity index (χ2n) is 4.06. The first-order chi connectivity index (χ1) is 8.75. The summed E-state index contributed by atoms with van der Waals surface area (Å²) in [7, 11) is 0. The molecule has 0 bridgehead atoms. The predicted octanol–water partition coefficient (Wildman–Crippen LogP) is 4.11. The molecule has 0 aliphatic heterocycles. The van der Waals surface area contributed by atoms with Crippen LogP contribution in [0.2, 0.25) is 0 Å². The molecule has 0 radical (unpaired) electrons. The number of halogens is 1. The third-order valence-electron chi connectivity index (χ3n) is 2.95. The van der Waals surface area contributed by atoms with E-state index in [9.17, 15) is 0 Å². The molecular weight excluding hydrogens is 308 g/mol. The number of thiophene rings is 1. The first-order valence-electron chi connectivity index (χ1n) is 5.59. The predicted molar refractivity (Wildman–Crippen MR) is 79.8 cm³/mol. The molecule has 0 fully saturated rings. The smallest absolute Gasteiger partial charge is 0.0702 e. The van der Waals surface area contributed by atoms with E-state index < -0.39 is 0 Å². The highest BCUT2D eigenvalue weighted by Gasteiger charge is 2.13. The van der Waals surface area contributed by atoms with Gasteiger partial charge in [0.05, 0.1) is 9.83 Å². The van der Waals surface area contributed by atoms with Gasteiger partial charge in [0.1, 0.15) is 0 Å². The molecular formula is C14H11BrN2S. The van der Waals surface area contributed by atoms with Crippen LogP contribution in [0.25, 0.3) is 10.8 Å². The Morgan fingerprint density at radius 1 is 1.17 bits per heavy atom. The number of fused-ring (bicyclic) bond motifs is 1. The van der Waals surface area contributed by atoms with Crippen LogP contribution in [0.15, 0.2) is 52.6 Å². The van der Waals surface area contributed by atoms with Gasteiger partial charge in [0, 0.05) is 22.7 Å². The van der Waals surface area contributed by atoms with Crippen LogP contribution >= 0.6 is 27.3 Å². The van der Waals surface area contributed by atoms with Crippen molar-refractivity contribution in [2.24, 2.45) is 5.73 Å². The molecule has 0 aliphatic carbocycles. The maximum absolute atomic E-state index is 6.36. The zero-order valence-electron chi connectivity index (χ0n) is 9.51. The van der Waals surface area contributed by atoms with E-state index in [-0.39, 0.29) is 6.04 Å². The minimum atomic E-state index is -0.0904. The van der Waals surface area contributed by atoms with Gasteiger partial charge in [0.25, 0.3) is 0 Å². The fourth-order valence-electron chi connectivity index (χ4n) is 2.07. The van der Waals surface area contributed by atoms with Crippen molar-refractivity contribution in [2.45, 2.75) is 6.04 Å². The van der Waals surface area contributed by atoms with Crippen molar-refractivity contribution in [1.29, 1.82) is 0 Å². The van der Waals surface area contributed by atoms with Crippen LogP contribution in [0.5, 0.6) is 0 Å². The van der Waals surface area contributed by atoms with Crippen molar-refractivity contribution in [3.63, 3.8) is 0 Å². The number of nitrogens with two attached hydrogens (primary N) is 1. The molecule has 18 heavy (non-hydrogen) atoms. The summed E-state index contributed by atoms with van der Waals surface area (Å²) in [5.41, 5.74) is 7.51. The highest BCUT2D eigenvalue weighted by Crippen LogP contribution is 2.32. The number of aromatic nitrogens is 1. The van der Waals surface area contributed by atoms with Crippen LogP contribution in [0.3, 0.4) is 0 Å². The lowest BCUT2D eigenvalue weighted by molar-refractivity contribution is 0.903. The summed E-state index contributed by atoms with van der Waals surface area (Å²) in [5.74, 6) is 0. The molecule has 0 spiro atoms. The molecule has 3 aromatic rings. The summed E-state index contributed by atoms with van der Waals surface area (Å²) >= 11 is 5.15. The lowest BCUT2D eigenvalue weighted by Gasteiger charge is -2.12. The zero-order chi connectivity index (χ0) is 12.5. The highest BCUT2D eigenvalue weighted by molar-refractivity contribution is 9.11. The molecule has 2 nitrogen and oxygen atoms in total. The van der Waals surface area contributed by atoms with E-state index in [1.165, 1.54) is 5.39 Å². The molecule has 2 heterocycles. The van der Waals surface area contributed by atoms with Crippen LogP contribution in [0, 0.1) is 0 Å². The fraction of sp³-hybridized carbons (Fsp3) is 0.0714. The summed E-state index contributed by atoms with van der Waals surface area (Å²) < 4.78 is 1.11. The van der Waals surface area contributed by atoms with Crippen LogP contribution in [-0.2, 0) is 0 Å². The average Bonchev–Trinajstić information content (AvgIpc) is 2.84. The topological polar surface area (TPSA) is 38.9 Å². The van der Waals surface area contributed by atoms with Gasteiger partial charge < -0.3 is 5.73 Å². The third-order valence-corrected chi connectivity index (χ3v) is 4.66. The largest absolute Gasteiger partial charge is 0.320 e. The molecule has 0 saturated heterocycles. The van der Waals surface area contributed by atoms with Crippen molar-refractivity contribution in [1.82, 2.24) is 4.98 Å². The van der Waals surface area contributed by atoms with Crippen LogP contribution in [0.1, 0.15) is 16.5 Å². The summed E-state index contributed by atoms with van der Waals surface area (Å²) in [5, 5.41) is 2.30. The van der Waals surface area contributed by atoms with E-state index in [1.807, 2.05) is 30.6 Å². The van der Waals surface area contributed by atoms with Crippen molar-refractivity contribution >= 4 is 38.0 Å². The molecule has 1 atom stereocenters. The SMILES string of the molecule is NC(c1ccc(Br)s1)c1cccc2cnccc12. The Balaban J connectivity index is 2.14. The van der Waals surface area contributed by atoms with Gasteiger partial charge in [-0.2, -0.15) is 0 Å². The van der Waals surface area contributed by atoms with Crippen LogP contribution in [-0.4, -0.2) is 4.98 Å². The average molecular weight is 319 g/mol. The lowest BCUT2D eigenvalue weighted by Crippen LogP contribution is -2.10. The van der Waals surface area contributed by atoms with Gasteiger partial charge in [-0.15, -0.1) is 11.3 Å². The minimum Gasteiger partial charge on any atom is -0.320 e. The summed E-state index contributed by atoms with van der Waals surface area (Å²) in [6.45, 7) is 0. The Kier molecular flexibility index (Phi) is 3.16. The van der Waals surface area contributed by atoms with Crippen LogP contribution < -0.4 is 5.73 Å². The van der Waals surface area contributed by atoms with Gasteiger partial charge in [0.2, 0.25) is 0 Å². The van der Waals surface area contributed by atoms with Gasteiger partial charge >= 0.3 is 0 Å². The summed E-state index contributed by atoms with van der Waals surface area (Å²) in [6.07, 6.45) is 3.68. The van der Waals surface area contributed by atoms with Gasteiger partial charge in [-0.25, -0.2) is 0 Å². The lowest BCUT2D eigenvalue weighted by atomic mass is 10.00. The summed E-state index contributed by atoms with van der Waals surface area (Å²) in [4.78, 5) is 5.30. The standard InChI is InChI=1S/C14H11BrN2S/c15-13-5-4-12(18-13)14(16)11-3-1-2-9-8-17-7-6-10(9)11/h1-8,14H,16H2. The molecule has 2 N–H and O–H groups in total. The number of hydrogen-bond donors (Lipinski definition) is 1. The fourth-order valence-corrected chi connectivity index (χ4v) is 3.51.